The number of benzene rings is 1. The van der Waals surface area contributed by atoms with Crippen LogP contribution in [0.1, 0.15) is 12.0 Å². The second-order valence-corrected chi connectivity index (χ2v) is 4.90. The van der Waals surface area contributed by atoms with Crippen LogP contribution in [-0.4, -0.2) is 27.2 Å². The molecule has 4 nitrogen and oxygen atoms in total. The number of hydrogen-bond donors (Lipinski definition) is 2. The largest absolute Gasteiger partial charge is 0.395 e. The summed E-state index contributed by atoms with van der Waals surface area (Å²) >= 11 is 0. The van der Waals surface area contributed by atoms with E-state index >= 15 is 0 Å². The molecule has 0 bridgehead atoms. The van der Waals surface area contributed by atoms with Crippen molar-refractivity contribution < 1.29 is 13.5 Å². The van der Waals surface area contributed by atoms with Crippen LogP contribution in [0, 0.1) is 11.8 Å². The number of hydrogen-bond acceptors (Lipinski definition) is 3. The molecule has 16 heavy (non-hydrogen) atoms. The molecule has 0 heterocycles. The van der Waals surface area contributed by atoms with E-state index < -0.39 is 10.0 Å². The topological polar surface area (TPSA) is 66.4 Å². The van der Waals surface area contributed by atoms with Crippen LogP contribution in [0.3, 0.4) is 0 Å². The molecule has 0 spiro atoms. The summed E-state index contributed by atoms with van der Waals surface area (Å²) < 4.78 is 25.2. The molecule has 0 aliphatic rings. The Morgan fingerprint density at radius 3 is 2.81 bits per heavy atom. The average Bonchev–Trinajstić information content (AvgIpc) is 2.30. The van der Waals surface area contributed by atoms with Gasteiger partial charge in [-0.25, -0.2) is 13.1 Å². The van der Waals surface area contributed by atoms with E-state index in [4.69, 9.17) is 5.11 Å². The van der Waals surface area contributed by atoms with Crippen molar-refractivity contribution in [1.29, 1.82) is 0 Å². The second-order valence-electron chi connectivity index (χ2n) is 3.01. The highest BCUT2D eigenvalue weighted by Gasteiger charge is 2.10. The van der Waals surface area contributed by atoms with Crippen LogP contribution >= 0.6 is 0 Å². The molecule has 1 aromatic rings. The van der Waals surface area contributed by atoms with E-state index in [0.29, 0.717) is 12.0 Å². The lowest BCUT2D eigenvalue weighted by molar-refractivity contribution is 0.305. The first-order chi connectivity index (χ1) is 7.60. The van der Waals surface area contributed by atoms with E-state index in [-0.39, 0.29) is 11.5 Å². The zero-order chi connectivity index (χ0) is 12.0. The van der Waals surface area contributed by atoms with Crippen molar-refractivity contribution >= 4 is 10.0 Å². The monoisotopic (exact) mass is 239 g/mol. The lowest BCUT2D eigenvalue weighted by Crippen LogP contribution is -2.18. The van der Waals surface area contributed by atoms with Gasteiger partial charge in [-0.15, -0.1) is 0 Å². The molecule has 1 aromatic carbocycles. The Kier molecular flexibility index (Phi) is 4.50. The van der Waals surface area contributed by atoms with Gasteiger partial charge in [-0.3, -0.25) is 0 Å². The second kappa shape index (κ2) is 5.66. The standard InChI is InChI=1S/C11H13NO3S/c1-12-16(14,15)11-7-4-6-10(9-11)5-2-3-8-13/h4,6-7,9,12-13H,3,8H2,1H3. The maximum absolute atomic E-state index is 11.5. The molecule has 2 N–H and O–H groups in total. The molecule has 0 aromatic heterocycles. The zero-order valence-corrected chi connectivity index (χ0v) is 9.71. The van der Waals surface area contributed by atoms with Crippen molar-refractivity contribution in [3.8, 4) is 11.8 Å². The van der Waals surface area contributed by atoms with Gasteiger partial charge in [0.1, 0.15) is 0 Å². The molecule has 0 aliphatic carbocycles. The molecule has 0 atom stereocenters. The lowest BCUT2D eigenvalue weighted by atomic mass is 10.2. The summed E-state index contributed by atoms with van der Waals surface area (Å²) in [5, 5.41) is 8.56. The minimum absolute atomic E-state index is 0.00149. The molecule has 0 fully saturated rings. The van der Waals surface area contributed by atoms with E-state index in [1.54, 1.807) is 12.1 Å². The zero-order valence-electron chi connectivity index (χ0n) is 8.90. The van der Waals surface area contributed by atoms with Gasteiger partial charge >= 0.3 is 0 Å². The molecule has 0 unspecified atom stereocenters. The van der Waals surface area contributed by atoms with Gasteiger partial charge in [0.2, 0.25) is 10.0 Å². The maximum Gasteiger partial charge on any atom is 0.240 e. The Labute approximate surface area is 95.4 Å². The highest BCUT2D eigenvalue weighted by molar-refractivity contribution is 7.89. The summed E-state index contributed by atoms with van der Waals surface area (Å²) in [4.78, 5) is 0.186. The highest BCUT2D eigenvalue weighted by atomic mass is 32.2. The van der Waals surface area contributed by atoms with Gasteiger partial charge in [-0.2, -0.15) is 0 Å². The Morgan fingerprint density at radius 2 is 2.19 bits per heavy atom. The molecule has 0 saturated heterocycles. The van der Waals surface area contributed by atoms with E-state index in [0.717, 1.165) is 0 Å². The number of aliphatic hydroxyl groups excluding tert-OH is 1. The minimum atomic E-state index is -3.42. The van der Waals surface area contributed by atoms with Crippen LogP contribution < -0.4 is 4.72 Å². The minimum Gasteiger partial charge on any atom is -0.395 e. The first kappa shape index (κ1) is 12.7. The Hall–Kier alpha value is -1.35. The van der Waals surface area contributed by atoms with Crippen molar-refractivity contribution in [3.05, 3.63) is 29.8 Å². The predicted molar refractivity (Wildman–Crippen MR) is 61.3 cm³/mol. The lowest BCUT2D eigenvalue weighted by Gasteiger charge is -2.01. The maximum atomic E-state index is 11.5. The Bertz CT molecular complexity index is 512. The summed E-state index contributed by atoms with van der Waals surface area (Å²) in [7, 11) is -2.06. The first-order valence-corrected chi connectivity index (χ1v) is 6.22. The van der Waals surface area contributed by atoms with E-state index in [2.05, 4.69) is 16.6 Å². The average molecular weight is 239 g/mol. The van der Waals surface area contributed by atoms with Gasteiger partial charge in [0.05, 0.1) is 11.5 Å². The highest BCUT2D eigenvalue weighted by Crippen LogP contribution is 2.10. The third-order valence-electron chi connectivity index (χ3n) is 1.88. The van der Waals surface area contributed by atoms with Crippen LogP contribution in [0.15, 0.2) is 29.2 Å². The van der Waals surface area contributed by atoms with Gasteiger partial charge in [0, 0.05) is 12.0 Å². The third kappa shape index (κ3) is 3.35. The van der Waals surface area contributed by atoms with E-state index in [9.17, 15) is 8.42 Å². The van der Waals surface area contributed by atoms with E-state index in [1.807, 2.05) is 0 Å². The molecular weight excluding hydrogens is 226 g/mol. The Balaban J connectivity index is 3.02. The third-order valence-corrected chi connectivity index (χ3v) is 3.29. The SMILES string of the molecule is CNS(=O)(=O)c1cccc(C#CCCO)c1. The molecule has 0 aliphatic heterocycles. The molecule has 1 rings (SSSR count). The van der Waals surface area contributed by atoms with Crippen molar-refractivity contribution in [1.82, 2.24) is 4.72 Å². The fraction of sp³-hybridized carbons (Fsp3) is 0.273. The van der Waals surface area contributed by atoms with Crippen LogP contribution in [-0.2, 0) is 10.0 Å². The van der Waals surface area contributed by atoms with Gasteiger partial charge in [0.15, 0.2) is 0 Å². The summed E-state index contributed by atoms with van der Waals surface area (Å²) in [5.74, 6) is 5.51. The van der Waals surface area contributed by atoms with Crippen LogP contribution in [0.5, 0.6) is 0 Å². The fourth-order valence-corrected chi connectivity index (χ4v) is 1.85. The van der Waals surface area contributed by atoms with Gasteiger partial charge in [-0.05, 0) is 25.2 Å². The molecule has 86 valence electrons. The van der Waals surface area contributed by atoms with Crippen molar-refractivity contribution in [2.45, 2.75) is 11.3 Å². The molecule has 5 heteroatoms. The number of rotatable bonds is 3. The molecule has 0 amide bonds. The number of nitrogens with one attached hydrogen (secondary N) is 1. The van der Waals surface area contributed by atoms with Crippen LogP contribution in [0.2, 0.25) is 0 Å². The van der Waals surface area contributed by atoms with Gasteiger partial charge < -0.3 is 5.11 Å². The number of aliphatic hydroxyl groups is 1. The first-order valence-electron chi connectivity index (χ1n) is 4.73. The fourth-order valence-electron chi connectivity index (χ4n) is 1.08. The smallest absolute Gasteiger partial charge is 0.240 e. The van der Waals surface area contributed by atoms with Crippen LogP contribution in [0.4, 0.5) is 0 Å². The predicted octanol–water partition coefficient (Wildman–Crippen LogP) is 0.329. The van der Waals surface area contributed by atoms with Crippen molar-refractivity contribution in [2.75, 3.05) is 13.7 Å². The van der Waals surface area contributed by atoms with Crippen LogP contribution in [0.25, 0.3) is 0 Å². The quantitative estimate of drug-likeness (QED) is 0.747. The normalized spacial score (nSPS) is 10.6. The molecule has 0 radical (unpaired) electrons. The van der Waals surface area contributed by atoms with Gasteiger partial charge in [0.25, 0.3) is 0 Å². The number of sulfonamides is 1. The molecule has 0 saturated carbocycles. The van der Waals surface area contributed by atoms with Gasteiger partial charge in [-0.1, -0.05) is 17.9 Å². The van der Waals surface area contributed by atoms with Crippen molar-refractivity contribution in [2.24, 2.45) is 0 Å². The molecular formula is C11H13NO3S. The Morgan fingerprint density at radius 1 is 1.44 bits per heavy atom. The summed E-state index contributed by atoms with van der Waals surface area (Å²) in [6.07, 6.45) is 0.378. The summed E-state index contributed by atoms with van der Waals surface area (Å²) in [5.41, 5.74) is 0.616. The van der Waals surface area contributed by atoms with Crippen molar-refractivity contribution in [3.63, 3.8) is 0 Å². The summed E-state index contributed by atoms with van der Waals surface area (Å²) in [6, 6.07) is 6.35. The summed E-state index contributed by atoms with van der Waals surface area (Å²) in [6.45, 7) is 0.00149. The van der Waals surface area contributed by atoms with E-state index in [1.165, 1.54) is 19.2 Å².